The van der Waals surface area contributed by atoms with E-state index in [-0.39, 0.29) is 0 Å². The van der Waals surface area contributed by atoms with Crippen LogP contribution in [0.5, 0.6) is 0 Å². The van der Waals surface area contributed by atoms with Gasteiger partial charge in [-0.05, 0) is 44.9 Å². The number of hydrogen-bond donors (Lipinski definition) is 0. The first-order chi connectivity index (χ1) is 7.79. The molecule has 1 rings (SSSR count). The molecule has 0 N–H and O–H groups in total. The maximum atomic E-state index is 2.33. The average Bonchev–Trinajstić information content (AvgIpc) is 2.28. The van der Waals surface area contributed by atoms with Gasteiger partial charge in [-0.1, -0.05) is 55.0 Å². The first-order valence-electron chi connectivity index (χ1n) is 6.44. The molecule has 1 aliphatic rings. The molecule has 0 aromatic carbocycles. The zero-order chi connectivity index (χ0) is 11.6. The van der Waals surface area contributed by atoms with Gasteiger partial charge in [0.1, 0.15) is 0 Å². The Morgan fingerprint density at radius 2 is 1.56 bits per heavy atom. The zero-order valence-corrected chi connectivity index (χ0v) is 10.7. The smallest absolute Gasteiger partial charge is 0.0224 e. The van der Waals surface area contributed by atoms with Crippen LogP contribution >= 0.6 is 0 Å². The van der Waals surface area contributed by atoms with Gasteiger partial charge in [-0.3, -0.25) is 0 Å². The molecule has 1 unspecified atom stereocenters. The molecule has 0 heteroatoms. The average molecular weight is 216 g/mol. The molecule has 88 valence electrons. The summed E-state index contributed by atoms with van der Waals surface area (Å²) in [7, 11) is 0. The van der Waals surface area contributed by atoms with Crippen molar-refractivity contribution in [3.05, 3.63) is 48.1 Å². The molecular formula is C16H24. The Morgan fingerprint density at radius 3 is 2.31 bits per heavy atom. The van der Waals surface area contributed by atoms with Crippen LogP contribution in [0.2, 0.25) is 0 Å². The second-order valence-corrected chi connectivity index (χ2v) is 4.62. The van der Waals surface area contributed by atoms with Gasteiger partial charge in [0.2, 0.25) is 0 Å². The standard InChI is InChI=1S/C16H24/c1-15-11-9-7-5-3-4-6-8-10-12-16(2)14-13-15/h3,5,8,10-11,13-14,16H,4,6-7,9,12H2,1-2H3/b5-3+,10-8+,14-13-,15-11-. The van der Waals surface area contributed by atoms with Crippen LogP contribution in [-0.2, 0) is 0 Å². The van der Waals surface area contributed by atoms with Crippen LogP contribution in [0, 0.1) is 5.92 Å². The van der Waals surface area contributed by atoms with Crippen molar-refractivity contribution in [2.45, 2.75) is 46.0 Å². The van der Waals surface area contributed by atoms with Crippen molar-refractivity contribution in [3.63, 3.8) is 0 Å². The summed E-state index contributed by atoms with van der Waals surface area (Å²) in [4.78, 5) is 0. The van der Waals surface area contributed by atoms with Gasteiger partial charge >= 0.3 is 0 Å². The number of rotatable bonds is 0. The monoisotopic (exact) mass is 216 g/mol. The van der Waals surface area contributed by atoms with E-state index in [2.05, 4.69) is 56.4 Å². The van der Waals surface area contributed by atoms with Crippen LogP contribution in [0.1, 0.15) is 46.0 Å². The molecule has 0 radical (unpaired) electrons. The fourth-order valence-electron chi connectivity index (χ4n) is 1.73. The van der Waals surface area contributed by atoms with E-state index in [4.69, 9.17) is 0 Å². The third-order valence-corrected chi connectivity index (χ3v) is 2.83. The highest BCUT2D eigenvalue weighted by Gasteiger charge is 1.93. The van der Waals surface area contributed by atoms with E-state index in [1.165, 1.54) is 24.8 Å². The normalized spacial score (nSPS) is 33.1. The van der Waals surface area contributed by atoms with Crippen LogP contribution in [0.25, 0.3) is 0 Å². The van der Waals surface area contributed by atoms with Gasteiger partial charge in [0.15, 0.2) is 0 Å². The summed E-state index contributed by atoms with van der Waals surface area (Å²) in [5.74, 6) is 0.651. The van der Waals surface area contributed by atoms with E-state index in [0.29, 0.717) is 5.92 Å². The fraction of sp³-hybridized carbons (Fsp3) is 0.500. The minimum atomic E-state index is 0.651. The SMILES string of the molecule is CC1=C/CC/C=C/CC/C=C/CC(C)/C=C\1. The van der Waals surface area contributed by atoms with E-state index in [1.807, 2.05) is 0 Å². The van der Waals surface area contributed by atoms with Crippen molar-refractivity contribution in [1.29, 1.82) is 0 Å². The molecule has 0 heterocycles. The lowest BCUT2D eigenvalue weighted by Gasteiger charge is -2.02. The molecule has 1 aliphatic carbocycles. The summed E-state index contributed by atoms with van der Waals surface area (Å²) < 4.78 is 0. The van der Waals surface area contributed by atoms with Gasteiger partial charge in [0, 0.05) is 0 Å². The minimum absolute atomic E-state index is 0.651. The van der Waals surface area contributed by atoms with Crippen LogP contribution in [0.4, 0.5) is 0 Å². The van der Waals surface area contributed by atoms with E-state index in [1.54, 1.807) is 0 Å². The van der Waals surface area contributed by atoms with Gasteiger partial charge in [0.25, 0.3) is 0 Å². The van der Waals surface area contributed by atoms with Gasteiger partial charge in [0.05, 0.1) is 0 Å². The lowest BCUT2D eigenvalue weighted by Crippen LogP contribution is -1.86. The first-order valence-corrected chi connectivity index (χ1v) is 6.44. The molecule has 1 atom stereocenters. The summed E-state index contributed by atoms with van der Waals surface area (Å²) in [6.07, 6.45) is 22.0. The van der Waals surface area contributed by atoms with Crippen molar-refractivity contribution in [2.75, 3.05) is 0 Å². The third kappa shape index (κ3) is 6.44. The summed E-state index contributed by atoms with van der Waals surface area (Å²) in [6.45, 7) is 4.47. The maximum absolute atomic E-state index is 2.33. The molecule has 0 fully saturated rings. The molecule has 0 aliphatic heterocycles. The second-order valence-electron chi connectivity index (χ2n) is 4.62. The Morgan fingerprint density at radius 1 is 0.938 bits per heavy atom. The molecule has 0 aromatic rings. The van der Waals surface area contributed by atoms with Crippen molar-refractivity contribution in [3.8, 4) is 0 Å². The molecule has 0 bridgehead atoms. The van der Waals surface area contributed by atoms with Gasteiger partial charge in [-0.15, -0.1) is 0 Å². The highest BCUT2D eigenvalue weighted by Crippen LogP contribution is 2.10. The Bertz CT molecular complexity index is 289. The summed E-state index contributed by atoms with van der Waals surface area (Å²) in [6, 6.07) is 0. The highest BCUT2D eigenvalue weighted by atomic mass is 14.0. The second kappa shape index (κ2) is 8.15. The maximum Gasteiger partial charge on any atom is -0.0224 e. The number of hydrogen-bond acceptors (Lipinski definition) is 0. The summed E-state index contributed by atoms with van der Waals surface area (Å²) in [5.41, 5.74) is 1.39. The molecule has 16 heavy (non-hydrogen) atoms. The Hall–Kier alpha value is -1.04. The van der Waals surface area contributed by atoms with Gasteiger partial charge in [-0.2, -0.15) is 0 Å². The van der Waals surface area contributed by atoms with Crippen LogP contribution in [0.3, 0.4) is 0 Å². The molecule has 0 amide bonds. The van der Waals surface area contributed by atoms with Crippen molar-refractivity contribution in [2.24, 2.45) is 5.92 Å². The van der Waals surface area contributed by atoms with Crippen molar-refractivity contribution >= 4 is 0 Å². The van der Waals surface area contributed by atoms with Crippen LogP contribution < -0.4 is 0 Å². The zero-order valence-electron chi connectivity index (χ0n) is 10.7. The Labute approximate surface area is 100 Å². The summed E-state index contributed by atoms with van der Waals surface area (Å²) in [5, 5.41) is 0. The Kier molecular flexibility index (Phi) is 6.64. The largest absolute Gasteiger partial charge is 0.0882 e. The quantitative estimate of drug-likeness (QED) is 0.488. The molecular weight excluding hydrogens is 192 g/mol. The predicted octanol–water partition coefficient (Wildman–Crippen LogP) is 5.20. The van der Waals surface area contributed by atoms with Gasteiger partial charge < -0.3 is 0 Å². The van der Waals surface area contributed by atoms with E-state index in [9.17, 15) is 0 Å². The molecule has 0 saturated carbocycles. The number of allylic oxidation sites excluding steroid dienone is 8. The minimum Gasteiger partial charge on any atom is -0.0882 e. The topological polar surface area (TPSA) is 0 Å². The van der Waals surface area contributed by atoms with E-state index in [0.717, 1.165) is 12.8 Å². The molecule has 0 nitrogen and oxygen atoms in total. The van der Waals surface area contributed by atoms with Crippen LogP contribution in [-0.4, -0.2) is 0 Å². The Balaban J connectivity index is 2.56. The van der Waals surface area contributed by atoms with E-state index >= 15 is 0 Å². The molecule has 0 aromatic heterocycles. The van der Waals surface area contributed by atoms with Crippen molar-refractivity contribution < 1.29 is 0 Å². The van der Waals surface area contributed by atoms with E-state index < -0.39 is 0 Å². The molecule has 0 spiro atoms. The van der Waals surface area contributed by atoms with Gasteiger partial charge in [-0.25, -0.2) is 0 Å². The predicted molar refractivity (Wildman–Crippen MR) is 73.4 cm³/mol. The fourth-order valence-corrected chi connectivity index (χ4v) is 1.73. The first kappa shape index (κ1) is 13.0. The third-order valence-electron chi connectivity index (χ3n) is 2.83. The molecule has 0 saturated heterocycles. The van der Waals surface area contributed by atoms with Crippen molar-refractivity contribution in [1.82, 2.24) is 0 Å². The summed E-state index contributed by atoms with van der Waals surface area (Å²) >= 11 is 0. The lowest BCUT2D eigenvalue weighted by molar-refractivity contribution is 0.741. The lowest BCUT2D eigenvalue weighted by atomic mass is 10.0. The highest BCUT2D eigenvalue weighted by molar-refractivity contribution is 5.17. The van der Waals surface area contributed by atoms with Crippen LogP contribution in [0.15, 0.2) is 48.1 Å².